The first kappa shape index (κ1) is 12.9. The van der Waals surface area contributed by atoms with Crippen LogP contribution in [0.5, 0.6) is 0 Å². The van der Waals surface area contributed by atoms with Crippen molar-refractivity contribution in [3.63, 3.8) is 0 Å². The average Bonchev–Trinajstić information content (AvgIpc) is 2.44. The number of hydrogen-bond donors (Lipinski definition) is 0. The monoisotopic (exact) mass is 252 g/mol. The van der Waals surface area contributed by atoms with E-state index < -0.39 is 0 Å². The summed E-state index contributed by atoms with van der Waals surface area (Å²) in [6.45, 7) is 0. The van der Waals surface area contributed by atoms with Gasteiger partial charge in [-0.1, -0.05) is 24.3 Å². The molecule has 0 N–H and O–H groups in total. The normalized spacial score (nSPS) is 17.1. The number of hydrogen-bond acceptors (Lipinski definition) is 4. The lowest BCUT2D eigenvalue weighted by Gasteiger charge is -2.14. The van der Waals surface area contributed by atoms with Crippen LogP contribution in [0.4, 0.5) is 5.69 Å². The predicted octanol–water partition coefficient (Wildman–Crippen LogP) is 2.99. The molecular weight excluding hydrogens is 240 g/mol. The maximum Gasteiger partial charge on any atom is 0.240 e. The van der Waals surface area contributed by atoms with Gasteiger partial charge in [0.05, 0.1) is 11.4 Å². The van der Waals surface area contributed by atoms with Gasteiger partial charge in [0.15, 0.2) is 0 Å². The Morgan fingerprint density at radius 1 is 1.11 bits per heavy atom. The van der Waals surface area contributed by atoms with Gasteiger partial charge in [-0.25, -0.2) is 9.59 Å². The minimum Gasteiger partial charge on any atom is -0.211 e. The number of benzene rings is 1. The summed E-state index contributed by atoms with van der Waals surface area (Å²) in [6.07, 6.45) is 10.6. The van der Waals surface area contributed by atoms with Gasteiger partial charge in [0.25, 0.3) is 0 Å². The molecule has 19 heavy (non-hydrogen) atoms. The Balaban J connectivity index is 1.98. The molecule has 2 rings (SSSR count). The Hall–Kier alpha value is -2.54. The van der Waals surface area contributed by atoms with Crippen LogP contribution in [0.3, 0.4) is 0 Å². The lowest BCUT2D eigenvalue weighted by Crippen LogP contribution is -2.03. The number of nitrogens with zero attached hydrogens (tertiary/aromatic N) is 2. The number of isocyanates is 2. The van der Waals surface area contributed by atoms with Gasteiger partial charge >= 0.3 is 0 Å². The van der Waals surface area contributed by atoms with Gasteiger partial charge in [-0.15, -0.1) is 0 Å². The fourth-order valence-electron chi connectivity index (χ4n) is 2.00. The van der Waals surface area contributed by atoms with Crippen LogP contribution in [0.1, 0.15) is 12.0 Å². The van der Waals surface area contributed by atoms with Crippen molar-refractivity contribution in [2.24, 2.45) is 15.9 Å². The smallest absolute Gasteiger partial charge is 0.211 e. The zero-order valence-corrected chi connectivity index (χ0v) is 10.2. The second kappa shape index (κ2) is 6.41. The highest BCUT2D eigenvalue weighted by molar-refractivity contribution is 5.49. The Bertz CT molecular complexity index is 602. The molecule has 0 amide bonds. The van der Waals surface area contributed by atoms with E-state index in [9.17, 15) is 9.59 Å². The van der Waals surface area contributed by atoms with E-state index in [1.54, 1.807) is 12.1 Å². The molecule has 0 bridgehead atoms. The Morgan fingerprint density at radius 3 is 2.42 bits per heavy atom. The van der Waals surface area contributed by atoms with Crippen molar-refractivity contribution in [3.8, 4) is 0 Å². The van der Waals surface area contributed by atoms with Crippen LogP contribution in [-0.2, 0) is 16.0 Å². The van der Waals surface area contributed by atoms with E-state index in [0.29, 0.717) is 17.3 Å². The fourth-order valence-corrected chi connectivity index (χ4v) is 2.00. The fraction of sp³-hybridized carbons (Fsp3) is 0.200. The Morgan fingerprint density at radius 2 is 1.84 bits per heavy atom. The van der Waals surface area contributed by atoms with Crippen LogP contribution < -0.4 is 0 Å². The van der Waals surface area contributed by atoms with Crippen molar-refractivity contribution in [1.29, 1.82) is 0 Å². The molecule has 1 aromatic carbocycles. The first-order chi connectivity index (χ1) is 9.31. The third-order valence-corrected chi connectivity index (χ3v) is 2.95. The van der Waals surface area contributed by atoms with Gasteiger partial charge in [0, 0.05) is 0 Å². The molecular formula is C15H12N2O2. The first-order valence-corrected chi connectivity index (χ1v) is 5.95. The molecule has 94 valence electrons. The third-order valence-electron chi connectivity index (χ3n) is 2.95. The van der Waals surface area contributed by atoms with Gasteiger partial charge in [-0.2, -0.15) is 9.98 Å². The van der Waals surface area contributed by atoms with Gasteiger partial charge in [-0.3, -0.25) is 0 Å². The van der Waals surface area contributed by atoms with Crippen LogP contribution in [-0.4, -0.2) is 12.2 Å². The predicted molar refractivity (Wildman–Crippen MR) is 71.4 cm³/mol. The molecule has 1 aromatic rings. The highest BCUT2D eigenvalue weighted by Crippen LogP contribution is 2.22. The topological polar surface area (TPSA) is 58.9 Å². The Labute approximate surface area is 110 Å². The molecule has 0 aromatic heterocycles. The Kier molecular flexibility index (Phi) is 4.35. The van der Waals surface area contributed by atoms with E-state index in [1.807, 2.05) is 30.4 Å². The molecule has 0 radical (unpaired) electrons. The third kappa shape index (κ3) is 3.71. The van der Waals surface area contributed by atoms with Gasteiger partial charge < -0.3 is 0 Å². The number of rotatable bonds is 4. The molecule has 0 saturated heterocycles. The van der Waals surface area contributed by atoms with E-state index in [4.69, 9.17) is 0 Å². The molecule has 4 heteroatoms. The number of carbonyl (C=O) groups excluding carboxylic acids is 2. The molecule has 0 heterocycles. The van der Waals surface area contributed by atoms with E-state index >= 15 is 0 Å². The van der Waals surface area contributed by atoms with Crippen LogP contribution in [0.2, 0.25) is 0 Å². The summed E-state index contributed by atoms with van der Waals surface area (Å²) in [5.74, 6) is 0.394. The summed E-state index contributed by atoms with van der Waals surface area (Å²) in [5.41, 5.74) is 2.46. The molecule has 0 saturated carbocycles. The summed E-state index contributed by atoms with van der Waals surface area (Å²) < 4.78 is 0. The van der Waals surface area contributed by atoms with E-state index in [2.05, 4.69) is 9.98 Å². The standard InChI is InChI=1S/C15H12N2O2/c18-10-16-14-5-1-12(2-6-14)9-13-3-7-15(8-4-13)17-11-19/h1-3,5-8,13H,4,9H2. The van der Waals surface area contributed by atoms with Crippen LogP contribution in [0.15, 0.2) is 58.2 Å². The summed E-state index contributed by atoms with van der Waals surface area (Å²) >= 11 is 0. The van der Waals surface area contributed by atoms with Crippen LogP contribution in [0, 0.1) is 5.92 Å². The summed E-state index contributed by atoms with van der Waals surface area (Å²) in [4.78, 5) is 27.4. The summed E-state index contributed by atoms with van der Waals surface area (Å²) in [6, 6.07) is 7.50. The summed E-state index contributed by atoms with van der Waals surface area (Å²) in [7, 11) is 0. The molecule has 0 fully saturated rings. The number of allylic oxidation sites excluding steroid dienone is 3. The van der Waals surface area contributed by atoms with Crippen LogP contribution in [0.25, 0.3) is 0 Å². The lowest BCUT2D eigenvalue weighted by atomic mass is 9.92. The summed E-state index contributed by atoms with van der Waals surface area (Å²) in [5, 5.41) is 0. The second-order valence-corrected chi connectivity index (χ2v) is 4.26. The number of aliphatic imine (C=N–C) groups is 2. The van der Waals surface area contributed by atoms with Crippen molar-refractivity contribution in [1.82, 2.24) is 0 Å². The zero-order valence-electron chi connectivity index (χ0n) is 10.2. The zero-order chi connectivity index (χ0) is 13.5. The highest BCUT2D eigenvalue weighted by atomic mass is 16.1. The molecule has 1 atom stereocenters. The van der Waals surface area contributed by atoms with E-state index in [-0.39, 0.29) is 0 Å². The highest BCUT2D eigenvalue weighted by Gasteiger charge is 2.09. The van der Waals surface area contributed by atoms with Gasteiger partial charge in [0.2, 0.25) is 12.2 Å². The minimum absolute atomic E-state index is 0.394. The SMILES string of the molecule is O=C=NC1=CCC(Cc2ccc(N=C=O)cc2)C=C1. The van der Waals surface area contributed by atoms with Gasteiger partial charge in [-0.05, 0) is 42.5 Å². The maximum absolute atomic E-state index is 10.1. The van der Waals surface area contributed by atoms with Crippen molar-refractivity contribution < 1.29 is 9.59 Å². The second-order valence-electron chi connectivity index (χ2n) is 4.26. The van der Waals surface area contributed by atoms with E-state index in [0.717, 1.165) is 12.8 Å². The van der Waals surface area contributed by atoms with Gasteiger partial charge in [0.1, 0.15) is 0 Å². The van der Waals surface area contributed by atoms with Crippen molar-refractivity contribution in [2.75, 3.05) is 0 Å². The maximum atomic E-state index is 10.1. The molecule has 0 aliphatic heterocycles. The first-order valence-electron chi connectivity index (χ1n) is 5.95. The largest absolute Gasteiger partial charge is 0.240 e. The van der Waals surface area contributed by atoms with Crippen molar-refractivity contribution in [3.05, 3.63) is 53.8 Å². The molecule has 0 spiro atoms. The van der Waals surface area contributed by atoms with Crippen molar-refractivity contribution in [2.45, 2.75) is 12.8 Å². The lowest BCUT2D eigenvalue weighted by molar-refractivity contribution is 0.564. The average molecular weight is 252 g/mol. The van der Waals surface area contributed by atoms with Crippen molar-refractivity contribution >= 4 is 17.8 Å². The minimum atomic E-state index is 0.394. The van der Waals surface area contributed by atoms with E-state index in [1.165, 1.54) is 17.7 Å². The molecule has 1 unspecified atom stereocenters. The van der Waals surface area contributed by atoms with Crippen LogP contribution >= 0.6 is 0 Å². The quantitative estimate of drug-likeness (QED) is 0.611. The molecule has 1 aliphatic carbocycles. The molecule has 4 nitrogen and oxygen atoms in total. The molecule has 1 aliphatic rings.